The first-order chi connectivity index (χ1) is 9.16. The highest BCUT2D eigenvalue weighted by molar-refractivity contribution is 6.02. The zero-order valence-corrected chi connectivity index (χ0v) is 9.66. The highest BCUT2D eigenvalue weighted by Crippen LogP contribution is 2.23. The average molecular weight is 262 g/mol. The second kappa shape index (κ2) is 5.63. The number of ether oxygens (including phenoxy) is 1. The van der Waals surface area contributed by atoms with Gasteiger partial charge in [-0.3, -0.25) is 9.89 Å². The maximum Gasteiger partial charge on any atom is 0.341 e. The van der Waals surface area contributed by atoms with Gasteiger partial charge in [-0.25, -0.2) is 9.78 Å². The molecular weight excluding hydrogens is 252 g/mol. The Labute approximate surface area is 107 Å². The van der Waals surface area contributed by atoms with Gasteiger partial charge in [0, 0.05) is 0 Å². The fraction of sp³-hybridized carbons (Fsp3) is 0.0909. The van der Waals surface area contributed by atoms with E-state index in [4.69, 9.17) is 9.84 Å². The first-order valence-electron chi connectivity index (χ1n) is 5.27. The number of carbonyl (C=O) groups excluding carboxylic acids is 1. The number of carboxylic acids is 1. The number of amides is 1. The normalized spacial score (nSPS) is 9.89. The van der Waals surface area contributed by atoms with Gasteiger partial charge in [0.25, 0.3) is 5.91 Å². The summed E-state index contributed by atoms with van der Waals surface area (Å²) in [6.45, 7) is -0.491. The number of hydrogen-bond acceptors (Lipinski definition) is 5. The summed E-state index contributed by atoms with van der Waals surface area (Å²) in [5.74, 6) is -1.29. The van der Waals surface area contributed by atoms with Crippen molar-refractivity contribution in [2.45, 2.75) is 0 Å². The monoisotopic (exact) mass is 262 g/mol. The van der Waals surface area contributed by atoms with Crippen molar-refractivity contribution in [3.8, 4) is 5.75 Å². The molecule has 1 aromatic heterocycles. The minimum absolute atomic E-state index is 0.0491. The summed E-state index contributed by atoms with van der Waals surface area (Å²) in [7, 11) is 0. The largest absolute Gasteiger partial charge is 0.480 e. The van der Waals surface area contributed by atoms with E-state index in [0.717, 1.165) is 0 Å². The molecule has 0 saturated carbocycles. The lowest BCUT2D eigenvalue weighted by atomic mass is 10.3. The molecule has 0 aliphatic heterocycles. The van der Waals surface area contributed by atoms with Crippen LogP contribution in [0.5, 0.6) is 5.75 Å². The summed E-state index contributed by atoms with van der Waals surface area (Å²) in [4.78, 5) is 25.9. The molecule has 0 unspecified atom stereocenters. The predicted octanol–water partition coefficient (Wildman–Crippen LogP) is 0.520. The number of hydrogen-bond donors (Lipinski definition) is 3. The van der Waals surface area contributed by atoms with Gasteiger partial charge < -0.3 is 15.2 Å². The average Bonchev–Trinajstić information content (AvgIpc) is 2.91. The summed E-state index contributed by atoms with van der Waals surface area (Å²) in [5.41, 5.74) is 0.352. The Hall–Kier alpha value is -2.90. The first kappa shape index (κ1) is 12.6. The Morgan fingerprint density at radius 2 is 2.16 bits per heavy atom. The summed E-state index contributed by atoms with van der Waals surface area (Å²) in [5, 5.41) is 17.1. The molecule has 98 valence electrons. The number of carboxylic acid groups (broad SMARTS) is 1. The number of aliphatic carboxylic acids is 1. The molecule has 0 fully saturated rings. The van der Waals surface area contributed by atoms with Gasteiger partial charge in [-0.1, -0.05) is 12.1 Å². The summed E-state index contributed by atoms with van der Waals surface area (Å²) in [6, 6.07) is 6.50. The fourth-order valence-electron chi connectivity index (χ4n) is 1.33. The van der Waals surface area contributed by atoms with E-state index in [2.05, 4.69) is 20.5 Å². The van der Waals surface area contributed by atoms with Crippen molar-refractivity contribution >= 4 is 17.6 Å². The van der Waals surface area contributed by atoms with Gasteiger partial charge in [-0.2, -0.15) is 5.10 Å². The van der Waals surface area contributed by atoms with Crippen molar-refractivity contribution < 1.29 is 19.4 Å². The van der Waals surface area contributed by atoms with E-state index in [-0.39, 0.29) is 11.6 Å². The molecule has 8 nitrogen and oxygen atoms in total. The van der Waals surface area contributed by atoms with Crippen molar-refractivity contribution in [2.24, 2.45) is 0 Å². The van der Waals surface area contributed by atoms with Crippen molar-refractivity contribution in [1.82, 2.24) is 15.2 Å². The summed E-state index contributed by atoms with van der Waals surface area (Å²) >= 11 is 0. The number of benzene rings is 1. The zero-order chi connectivity index (χ0) is 13.7. The lowest BCUT2D eigenvalue weighted by Gasteiger charge is -2.10. The molecule has 0 aliphatic rings. The van der Waals surface area contributed by atoms with Gasteiger partial charge in [-0.15, -0.1) is 0 Å². The molecule has 1 aromatic carbocycles. The number of carbonyl (C=O) groups is 2. The number of nitrogens with one attached hydrogen (secondary N) is 2. The molecule has 2 aromatic rings. The Balaban J connectivity index is 2.11. The van der Waals surface area contributed by atoms with E-state index >= 15 is 0 Å². The maximum atomic E-state index is 11.7. The van der Waals surface area contributed by atoms with Gasteiger partial charge in [0.1, 0.15) is 12.1 Å². The number of rotatable bonds is 5. The van der Waals surface area contributed by atoms with Crippen molar-refractivity contribution in [1.29, 1.82) is 0 Å². The van der Waals surface area contributed by atoms with Crippen LogP contribution in [0.25, 0.3) is 0 Å². The van der Waals surface area contributed by atoms with Crippen LogP contribution in [0, 0.1) is 0 Å². The van der Waals surface area contributed by atoms with E-state index in [0.29, 0.717) is 5.69 Å². The standard InChI is InChI=1S/C11H10N4O4/c16-9(17)5-19-8-4-2-1-3-7(8)14-11(18)10-12-6-13-15-10/h1-4,6H,5H2,(H,14,18)(H,16,17)(H,12,13,15). The highest BCUT2D eigenvalue weighted by atomic mass is 16.5. The van der Waals surface area contributed by atoms with Gasteiger partial charge >= 0.3 is 5.97 Å². The van der Waals surface area contributed by atoms with Crippen LogP contribution < -0.4 is 10.1 Å². The number of aromatic amines is 1. The van der Waals surface area contributed by atoms with E-state index in [9.17, 15) is 9.59 Å². The minimum atomic E-state index is -1.10. The summed E-state index contributed by atoms with van der Waals surface area (Å²) in [6.07, 6.45) is 1.21. The summed E-state index contributed by atoms with van der Waals surface area (Å²) < 4.78 is 5.06. The number of H-pyrrole nitrogens is 1. The number of aromatic nitrogens is 3. The third kappa shape index (κ3) is 3.28. The Kier molecular flexibility index (Phi) is 3.72. The van der Waals surface area contributed by atoms with Crippen LogP contribution in [0.4, 0.5) is 5.69 Å². The molecular formula is C11H10N4O4. The van der Waals surface area contributed by atoms with E-state index in [1.165, 1.54) is 6.33 Å². The first-order valence-corrected chi connectivity index (χ1v) is 5.27. The minimum Gasteiger partial charge on any atom is -0.480 e. The molecule has 0 aliphatic carbocycles. The molecule has 0 atom stereocenters. The second-order valence-electron chi connectivity index (χ2n) is 3.47. The Bertz CT molecular complexity index is 582. The van der Waals surface area contributed by atoms with Crippen LogP contribution in [0.1, 0.15) is 10.6 Å². The highest BCUT2D eigenvalue weighted by Gasteiger charge is 2.12. The topological polar surface area (TPSA) is 117 Å². The lowest BCUT2D eigenvalue weighted by Crippen LogP contribution is -2.16. The maximum absolute atomic E-state index is 11.7. The fourth-order valence-corrected chi connectivity index (χ4v) is 1.33. The SMILES string of the molecule is O=C(O)COc1ccccc1NC(=O)c1ncn[nH]1. The van der Waals surface area contributed by atoms with Crippen LogP contribution >= 0.6 is 0 Å². The van der Waals surface area contributed by atoms with Crippen molar-refractivity contribution in [2.75, 3.05) is 11.9 Å². The van der Waals surface area contributed by atoms with Crippen molar-refractivity contribution in [3.05, 3.63) is 36.4 Å². The molecule has 2 rings (SSSR count). The van der Waals surface area contributed by atoms with E-state index < -0.39 is 18.5 Å². The van der Waals surface area contributed by atoms with Gasteiger partial charge in [-0.05, 0) is 12.1 Å². The third-order valence-corrected chi connectivity index (χ3v) is 2.12. The van der Waals surface area contributed by atoms with Crippen LogP contribution in [-0.4, -0.2) is 38.8 Å². The molecule has 0 bridgehead atoms. The molecule has 3 N–H and O–H groups in total. The molecule has 0 spiro atoms. The quantitative estimate of drug-likeness (QED) is 0.723. The molecule has 1 heterocycles. The van der Waals surface area contributed by atoms with Crippen molar-refractivity contribution in [3.63, 3.8) is 0 Å². The smallest absolute Gasteiger partial charge is 0.341 e. The van der Waals surface area contributed by atoms with Gasteiger partial charge in [0.2, 0.25) is 5.82 Å². The predicted molar refractivity (Wildman–Crippen MR) is 63.9 cm³/mol. The molecule has 1 amide bonds. The molecule has 0 radical (unpaired) electrons. The van der Waals surface area contributed by atoms with Crippen LogP contribution in [0.2, 0.25) is 0 Å². The Morgan fingerprint density at radius 3 is 2.84 bits per heavy atom. The van der Waals surface area contributed by atoms with Crippen LogP contribution in [-0.2, 0) is 4.79 Å². The number of anilines is 1. The molecule has 0 saturated heterocycles. The van der Waals surface area contributed by atoms with Crippen LogP contribution in [0.3, 0.4) is 0 Å². The third-order valence-electron chi connectivity index (χ3n) is 2.12. The second-order valence-corrected chi connectivity index (χ2v) is 3.47. The van der Waals surface area contributed by atoms with Crippen LogP contribution in [0.15, 0.2) is 30.6 Å². The van der Waals surface area contributed by atoms with Gasteiger partial charge in [0.15, 0.2) is 6.61 Å². The van der Waals surface area contributed by atoms with E-state index in [1.807, 2.05) is 0 Å². The van der Waals surface area contributed by atoms with Gasteiger partial charge in [0.05, 0.1) is 5.69 Å². The molecule has 19 heavy (non-hydrogen) atoms. The number of nitrogens with zero attached hydrogens (tertiary/aromatic N) is 2. The zero-order valence-electron chi connectivity index (χ0n) is 9.66. The Morgan fingerprint density at radius 1 is 1.37 bits per heavy atom. The lowest BCUT2D eigenvalue weighted by molar-refractivity contribution is -0.139. The van der Waals surface area contributed by atoms with E-state index in [1.54, 1.807) is 24.3 Å². The number of para-hydroxylation sites is 2. The molecule has 8 heteroatoms.